The number of amides is 2. The highest BCUT2D eigenvalue weighted by Crippen LogP contribution is 2.16. The zero-order valence-electron chi connectivity index (χ0n) is 17.1. The summed E-state index contributed by atoms with van der Waals surface area (Å²) < 4.78 is 11.0. The SMILES string of the molecule is O=C(/C=C/c1ccc(OCc2ccccc2)cc1)N1CCN(C(=O)c2ccco2)CC1. The van der Waals surface area contributed by atoms with Crippen LogP contribution in [0.2, 0.25) is 0 Å². The smallest absolute Gasteiger partial charge is 0.289 e. The average molecular weight is 416 g/mol. The van der Waals surface area contributed by atoms with Crippen molar-refractivity contribution in [1.29, 1.82) is 0 Å². The third kappa shape index (κ3) is 5.42. The molecule has 0 spiro atoms. The van der Waals surface area contributed by atoms with Crippen molar-refractivity contribution in [3.63, 3.8) is 0 Å². The Labute approximate surface area is 181 Å². The van der Waals surface area contributed by atoms with Crippen LogP contribution in [0.1, 0.15) is 21.7 Å². The lowest BCUT2D eigenvalue weighted by Gasteiger charge is -2.33. The highest BCUT2D eigenvalue weighted by Gasteiger charge is 2.25. The maximum absolute atomic E-state index is 12.5. The molecule has 158 valence electrons. The number of benzene rings is 2. The maximum Gasteiger partial charge on any atom is 0.289 e. The average Bonchev–Trinajstić information content (AvgIpc) is 3.37. The summed E-state index contributed by atoms with van der Waals surface area (Å²) in [6.07, 6.45) is 4.85. The molecule has 4 rings (SSSR count). The Morgan fingerprint density at radius 2 is 1.58 bits per heavy atom. The molecule has 6 nitrogen and oxygen atoms in total. The Balaban J connectivity index is 1.25. The Kier molecular flexibility index (Phi) is 6.47. The maximum atomic E-state index is 12.5. The summed E-state index contributed by atoms with van der Waals surface area (Å²) >= 11 is 0. The molecule has 1 fully saturated rings. The van der Waals surface area contributed by atoms with Crippen LogP contribution in [0.15, 0.2) is 83.5 Å². The predicted octanol–water partition coefficient (Wildman–Crippen LogP) is 3.86. The number of carbonyl (C=O) groups is 2. The van der Waals surface area contributed by atoms with Gasteiger partial charge in [0.25, 0.3) is 5.91 Å². The fourth-order valence-corrected chi connectivity index (χ4v) is 3.38. The van der Waals surface area contributed by atoms with Gasteiger partial charge in [0.1, 0.15) is 12.4 Å². The largest absolute Gasteiger partial charge is 0.489 e. The van der Waals surface area contributed by atoms with E-state index in [4.69, 9.17) is 9.15 Å². The van der Waals surface area contributed by atoms with E-state index in [0.29, 0.717) is 38.5 Å². The molecule has 1 aromatic heterocycles. The second kappa shape index (κ2) is 9.80. The molecule has 0 atom stereocenters. The van der Waals surface area contributed by atoms with Crippen LogP contribution in [0.4, 0.5) is 0 Å². The summed E-state index contributed by atoms with van der Waals surface area (Å²) in [5, 5.41) is 0. The van der Waals surface area contributed by atoms with Crippen LogP contribution in [0.25, 0.3) is 6.08 Å². The van der Waals surface area contributed by atoms with Gasteiger partial charge in [0.15, 0.2) is 5.76 Å². The van der Waals surface area contributed by atoms with Crippen molar-refractivity contribution in [2.45, 2.75) is 6.61 Å². The van der Waals surface area contributed by atoms with E-state index in [0.717, 1.165) is 16.9 Å². The Morgan fingerprint density at radius 3 is 2.26 bits per heavy atom. The van der Waals surface area contributed by atoms with Gasteiger partial charge in [-0.15, -0.1) is 0 Å². The summed E-state index contributed by atoms with van der Waals surface area (Å²) in [7, 11) is 0. The van der Waals surface area contributed by atoms with Gasteiger partial charge in [-0.25, -0.2) is 0 Å². The van der Waals surface area contributed by atoms with Crippen LogP contribution in [0.5, 0.6) is 5.75 Å². The van der Waals surface area contributed by atoms with Gasteiger partial charge in [0.2, 0.25) is 5.91 Å². The molecular formula is C25H24N2O4. The van der Waals surface area contributed by atoms with Crippen molar-refractivity contribution in [2.24, 2.45) is 0 Å². The summed E-state index contributed by atoms with van der Waals surface area (Å²) in [5.74, 6) is 0.914. The van der Waals surface area contributed by atoms with Gasteiger partial charge in [-0.05, 0) is 41.5 Å². The molecule has 0 saturated carbocycles. The van der Waals surface area contributed by atoms with E-state index in [1.54, 1.807) is 34.1 Å². The number of ether oxygens (including phenoxy) is 1. The standard InChI is InChI=1S/C25H24N2O4/c28-24(26-14-16-27(17-15-26)25(29)23-7-4-18-30-23)13-10-20-8-11-22(12-9-20)31-19-21-5-2-1-3-6-21/h1-13,18H,14-17,19H2/b13-10+. The van der Waals surface area contributed by atoms with E-state index in [-0.39, 0.29) is 11.8 Å². The molecule has 1 aliphatic heterocycles. The second-order valence-electron chi connectivity index (χ2n) is 7.27. The molecule has 1 aliphatic rings. The second-order valence-corrected chi connectivity index (χ2v) is 7.27. The molecule has 0 radical (unpaired) electrons. The molecule has 0 unspecified atom stereocenters. The normalized spacial score (nSPS) is 14.1. The summed E-state index contributed by atoms with van der Waals surface area (Å²) in [5.41, 5.74) is 2.04. The van der Waals surface area contributed by atoms with Crippen molar-refractivity contribution in [3.05, 3.63) is 96.0 Å². The molecule has 31 heavy (non-hydrogen) atoms. The van der Waals surface area contributed by atoms with E-state index < -0.39 is 0 Å². The number of hydrogen-bond donors (Lipinski definition) is 0. The number of furan rings is 1. The number of nitrogens with zero attached hydrogens (tertiary/aromatic N) is 2. The van der Waals surface area contributed by atoms with E-state index >= 15 is 0 Å². The number of piperazine rings is 1. The van der Waals surface area contributed by atoms with Gasteiger partial charge in [0, 0.05) is 32.3 Å². The van der Waals surface area contributed by atoms with Gasteiger partial charge in [-0.3, -0.25) is 9.59 Å². The molecule has 0 N–H and O–H groups in total. The summed E-state index contributed by atoms with van der Waals surface area (Å²) in [6, 6.07) is 21.0. The number of carbonyl (C=O) groups excluding carboxylic acids is 2. The zero-order chi connectivity index (χ0) is 21.5. The molecule has 6 heteroatoms. The first-order valence-electron chi connectivity index (χ1n) is 10.3. The predicted molar refractivity (Wildman–Crippen MR) is 117 cm³/mol. The highest BCUT2D eigenvalue weighted by molar-refractivity contribution is 5.93. The first-order chi connectivity index (χ1) is 15.2. The molecule has 2 aromatic carbocycles. The number of hydrogen-bond acceptors (Lipinski definition) is 4. The van der Waals surface area contributed by atoms with Gasteiger partial charge in [-0.1, -0.05) is 42.5 Å². The molecule has 3 aromatic rings. The number of rotatable bonds is 6. The van der Waals surface area contributed by atoms with E-state index in [1.165, 1.54) is 6.26 Å². The minimum atomic E-state index is -0.137. The Bertz CT molecular complexity index is 1020. The fraction of sp³-hybridized carbons (Fsp3) is 0.200. The van der Waals surface area contributed by atoms with Gasteiger partial charge < -0.3 is 19.0 Å². The first kappa shape index (κ1) is 20.5. The van der Waals surface area contributed by atoms with Gasteiger partial charge in [0.05, 0.1) is 6.26 Å². The molecule has 0 aliphatic carbocycles. The fourth-order valence-electron chi connectivity index (χ4n) is 3.38. The van der Waals surface area contributed by atoms with E-state index in [1.807, 2.05) is 54.6 Å². The Morgan fingerprint density at radius 1 is 0.871 bits per heavy atom. The van der Waals surface area contributed by atoms with Crippen LogP contribution in [0, 0.1) is 0 Å². The summed E-state index contributed by atoms with van der Waals surface area (Å²) in [6.45, 7) is 2.51. The molecular weight excluding hydrogens is 392 g/mol. The van der Waals surface area contributed by atoms with Crippen LogP contribution in [-0.4, -0.2) is 47.8 Å². The molecule has 1 saturated heterocycles. The quantitative estimate of drug-likeness (QED) is 0.573. The van der Waals surface area contributed by atoms with Crippen molar-refractivity contribution in [1.82, 2.24) is 9.80 Å². The van der Waals surface area contributed by atoms with Crippen molar-refractivity contribution in [3.8, 4) is 5.75 Å². The van der Waals surface area contributed by atoms with Crippen LogP contribution < -0.4 is 4.74 Å². The monoisotopic (exact) mass is 416 g/mol. The van der Waals surface area contributed by atoms with Crippen molar-refractivity contribution < 1.29 is 18.7 Å². The lowest BCUT2D eigenvalue weighted by Crippen LogP contribution is -2.50. The molecule has 2 amide bonds. The highest BCUT2D eigenvalue weighted by atomic mass is 16.5. The third-order valence-corrected chi connectivity index (χ3v) is 5.16. The van der Waals surface area contributed by atoms with Crippen LogP contribution >= 0.6 is 0 Å². The third-order valence-electron chi connectivity index (χ3n) is 5.16. The van der Waals surface area contributed by atoms with E-state index in [9.17, 15) is 9.59 Å². The minimum absolute atomic E-state index is 0.0606. The summed E-state index contributed by atoms with van der Waals surface area (Å²) in [4.78, 5) is 28.3. The molecule has 2 heterocycles. The first-order valence-corrected chi connectivity index (χ1v) is 10.3. The Hall–Kier alpha value is -3.80. The molecule has 0 bridgehead atoms. The zero-order valence-corrected chi connectivity index (χ0v) is 17.1. The van der Waals surface area contributed by atoms with E-state index in [2.05, 4.69) is 0 Å². The van der Waals surface area contributed by atoms with Crippen LogP contribution in [-0.2, 0) is 11.4 Å². The van der Waals surface area contributed by atoms with Crippen molar-refractivity contribution in [2.75, 3.05) is 26.2 Å². The topological polar surface area (TPSA) is 63.0 Å². The lowest BCUT2D eigenvalue weighted by molar-refractivity contribution is -0.127. The minimum Gasteiger partial charge on any atom is -0.489 e. The van der Waals surface area contributed by atoms with Gasteiger partial charge in [-0.2, -0.15) is 0 Å². The van der Waals surface area contributed by atoms with Crippen LogP contribution in [0.3, 0.4) is 0 Å². The lowest BCUT2D eigenvalue weighted by atomic mass is 10.2. The van der Waals surface area contributed by atoms with Gasteiger partial charge >= 0.3 is 0 Å². The van der Waals surface area contributed by atoms with Crippen molar-refractivity contribution >= 4 is 17.9 Å².